The van der Waals surface area contributed by atoms with E-state index in [-0.39, 0.29) is 50.1 Å². The fourth-order valence-corrected chi connectivity index (χ4v) is 5.49. The minimum absolute atomic E-state index is 0.00768. The Morgan fingerprint density at radius 3 is 2.70 bits per heavy atom. The molecule has 10 nitrogen and oxygen atoms in total. The summed E-state index contributed by atoms with van der Waals surface area (Å²) >= 11 is 0. The van der Waals surface area contributed by atoms with Crippen LogP contribution in [0.1, 0.15) is 66.9 Å². The highest BCUT2D eigenvalue weighted by atomic mass is 19.4. The van der Waals surface area contributed by atoms with Crippen molar-refractivity contribution in [2.75, 3.05) is 6.54 Å². The topological polar surface area (TPSA) is 119 Å². The third kappa shape index (κ3) is 5.92. The number of rotatable bonds is 7. The first kappa shape index (κ1) is 27.9. The summed E-state index contributed by atoms with van der Waals surface area (Å²) in [5, 5.41) is 17.4. The molecule has 0 radical (unpaired) electrons. The maximum absolute atomic E-state index is 13.9. The Bertz CT molecular complexity index is 1380. The van der Waals surface area contributed by atoms with Crippen LogP contribution in [0.3, 0.4) is 0 Å². The van der Waals surface area contributed by atoms with Gasteiger partial charge >= 0.3 is 6.18 Å². The van der Waals surface area contributed by atoms with E-state index in [9.17, 15) is 31.5 Å². The number of halogens is 5. The molecule has 40 heavy (non-hydrogen) atoms. The molecule has 2 N–H and O–H groups in total. The summed E-state index contributed by atoms with van der Waals surface area (Å²) in [4.78, 5) is 30.0. The SMILES string of the molecule is CCn1nncc1C(=O)NC(c1cn2nc(CC3C[C@@H](C(F)(F)F)CNC3=O)ccc2n1)C1CCC(F)(F)CC1. The van der Waals surface area contributed by atoms with Crippen LogP contribution in [0.25, 0.3) is 5.65 Å². The number of piperidine rings is 1. The number of hydrogen-bond donors (Lipinski definition) is 2. The second-order valence-electron chi connectivity index (χ2n) is 10.5. The maximum atomic E-state index is 13.9. The first-order valence-electron chi connectivity index (χ1n) is 13.2. The van der Waals surface area contributed by atoms with E-state index in [4.69, 9.17) is 0 Å². The largest absolute Gasteiger partial charge is 0.393 e. The van der Waals surface area contributed by atoms with Gasteiger partial charge in [0.25, 0.3) is 5.91 Å². The van der Waals surface area contributed by atoms with Crippen LogP contribution >= 0.6 is 0 Å². The number of hydrogen-bond acceptors (Lipinski definition) is 6. The zero-order chi connectivity index (χ0) is 28.7. The summed E-state index contributed by atoms with van der Waals surface area (Å²) in [7, 11) is 0. The predicted molar refractivity (Wildman–Crippen MR) is 130 cm³/mol. The highest BCUT2D eigenvalue weighted by molar-refractivity contribution is 5.92. The number of aromatic nitrogens is 6. The van der Waals surface area contributed by atoms with E-state index >= 15 is 0 Å². The average molecular weight is 569 g/mol. The molecule has 2 aliphatic rings. The van der Waals surface area contributed by atoms with Crippen molar-refractivity contribution >= 4 is 17.5 Å². The molecule has 1 saturated carbocycles. The van der Waals surface area contributed by atoms with Crippen LogP contribution in [-0.2, 0) is 17.8 Å². The quantitative estimate of drug-likeness (QED) is 0.422. The Balaban J connectivity index is 1.39. The van der Waals surface area contributed by atoms with Crippen LogP contribution in [-0.4, -0.2) is 60.0 Å². The van der Waals surface area contributed by atoms with Gasteiger partial charge in [0.2, 0.25) is 11.8 Å². The summed E-state index contributed by atoms with van der Waals surface area (Å²) in [6, 6.07) is 2.51. The van der Waals surface area contributed by atoms with Gasteiger partial charge in [0, 0.05) is 38.3 Å². The van der Waals surface area contributed by atoms with E-state index in [1.165, 1.54) is 15.4 Å². The molecule has 0 spiro atoms. The van der Waals surface area contributed by atoms with Gasteiger partial charge in [0.05, 0.1) is 35.7 Å². The molecule has 0 bridgehead atoms. The molecular weight excluding hydrogens is 539 g/mol. The molecule has 216 valence electrons. The van der Waals surface area contributed by atoms with Crippen LogP contribution < -0.4 is 10.6 Å². The van der Waals surface area contributed by atoms with Crippen LogP contribution in [0.15, 0.2) is 24.5 Å². The van der Waals surface area contributed by atoms with Gasteiger partial charge in [-0.05, 0) is 44.2 Å². The van der Waals surface area contributed by atoms with Gasteiger partial charge in [0.15, 0.2) is 5.65 Å². The van der Waals surface area contributed by atoms with E-state index in [1.54, 1.807) is 25.3 Å². The Morgan fingerprint density at radius 2 is 2.00 bits per heavy atom. The molecule has 1 aliphatic carbocycles. The lowest BCUT2D eigenvalue weighted by Crippen LogP contribution is -2.47. The Kier molecular flexibility index (Phi) is 7.48. The van der Waals surface area contributed by atoms with Crippen LogP contribution in [0.2, 0.25) is 0 Å². The number of amides is 2. The first-order valence-corrected chi connectivity index (χ1v) is 13.2. The zero-order valence-corrected chi connectivity index (χ0v) is 21.7. The fraction of sp³-hybridized carbons (Fsp3) is 0.600. The van der Waals surface area contributed by atoms with Gasteiger partial charge in [-0.25, -0.2) is 23.0 Å². The van der Waals surface area contributed by atoms with E-state index in [0.29, 0.717) is 23.6 Å². The smallest absolute Gasteiger partial charge is 0.355 e. The summed E-state index contributed by atoms with van der Waals surface area (Å²) in [6.07, 6.45) is -2.09. The van der Waals surface area contributed by atoms with Crippen LogP contribution in [0.4, 0.5) is 22.0 Å². The highest BCUT2D eigenvalue weighted by Crippen LogP contribution is 2.41. The van der Waals surface area contributed by atoms with Gasteiger partial charge in [0.1, 0.15) is 5.69 Å². The number of fused-ring (bicyclic) bond motifs is 1. The lowest BCUT2D eigenvalue weighted by atomic mass is 9.81. The molecule has 2 fully saturated rings. The molecule has 3 aromatic rings. The third-order valence-corrected chi connectivity index (χ3v) is 7.76. The lowest BCUT2D eigenvalue weighted by molar-refractivity contribution is -0.183. The molecule has 15 heteroatoms. The van der Waals surface area contributed by atoms with Crippen LogP contribution in [0.5, 0.6) is 0 Å². The molecule has 1 aliphatic heterocycles. The summed E-state index contributed by atoms with van der Waals surface area (Å²) in [5.41, 5.74) is 1.44. The fourth-order valence-electron chi connectivity index (χ4n) is 5.49. The number of aryl methyl sites for hydroxylation is 1. The molecule has 2 unspecified atom stereocenters. The molecular formula is C25H29F5N8O2. The molecule has 2 amide bonds. The normalized spacial score (nSPS) is 22.7. The average Bonchev–Trinajstić information content (AvgIpc) is 3.55. The van der Waals surface area contributed by atoms with Crippen LogP contribution in [0, 0.1) is 17.8 Å². The molecule has 4 heterocycles. The lowest BCUT2D eigenvalue weighted by Gasteiger charge is -2.33. The highest BCUT2D eigenvalue weighted by Gasteiger charge is 2.45. The van der Waals surface area contributed by atoms with Gasteiger partial charge in [-0.1, -0.05) is 5.21 Å². The third-order valence-electron chi connectivity index (χ3n) is 7.76. The van der Waals surface area contributed by atoms with Crippen molar-refractivity contribution in [2.45, 2.75) is 70.1 Å². The van der Waals surface area contributed by atoms with Gasteiger partial charge in [-0.15, -0.1) is 5.10 Å². The van der Waals surface area contributed by atoms with Crippen molar-refractivity contribution in [3.8, 4) is 0 Å². The van der Waals surface area contributed by atoms with Crippen molar-refractivity contribution < 1.29 is 31.5 Å². The summed E-state index contributed by atoms with van der Waals surface area (Å²) < 4.78 is 70.4. The number of carbonyl (C=O) groups excluding carboxylic acids is 2. The van der Waals surface area contributed by atoms with E-state index in [1.807, 2.05) is 0 Å². The molecule has 1 saturated heterocycles. The van der Waals surface area contributed by atoms with Crippen molar-refractivity contribution in [1.82, 2.24) is 40.2 Å². The minimum atomic E-state index is -4.41. The molecule has 3 aromatic heterocycles. The summed E-state index contributed by atoms with van der Waals surface area (Å²) in [5.74, 6) is -6.51. The van der Waals surface area contributed by atoms with Crippen molar-refractivity contribution in [3.05, 3.63) is 41.6 Å². The van der Waals surface area contributed by atoms with E-state index < -0.39 is 48.3 Å². The van der Waals surface area contributed by atoms with Crippen molar-refractivity contribution in [1.29, 1.82) is 0 Å². The van der Waals surface area contributed by atoms with E-state index in [2.05, 4.69) is 31.0 Å². The number of imidazole rings is 1. The molecule has 0 aromatic carbocycles. The van der Waals surface area contributed by atoms with E-state index in [0.717, 1.165) is 0 Å². The standard InChI is InChI=1S/C25H29F5N8O2/c1-2-37-19(12-32-36-37)23(40)34-21(14-5-7-24(26,27)8-6-14)18-13-38-20(33-18)4-3-17(35-38)10-15-9-16(25(28,29)30)11-31-22(15)39/h3-4,12-16,21H,2,5-11H2,1H3,(H,31,39)(H,34,40)/t15?,16-,21?/m1/s1. The van der Waals surface area contributed by atoms with Crippen molar-refractivity contribution in [3.63, 3.8) is 0 Å². The monoisotopic (exact) mass is 568 g/mol. The Labute approximate surface area is 225 Å². The zero-order valence-electron chi connectivity index (χ0n) is 21.7. The maximum Gasteiger partial charge on any atom is 0.393 e. The Hall–Kier alpha value is -3.65. The predicted octanol–water partition coefficient (Wildman–Crippen LogP) is 3.49. The summed E-state index contributed by atoms with van der Waals surface area (Å²) in [6.45, 7) is 1.77. The van der Waals surface area contributed by atoms with Gasteiger partial charge in [-0.2, -0.15) is 18.3 Å². The van der Waals surface area contributed by atoms with Gasteiger partial charge < -0.3 is 10.6 Å². The first-order chi connectivity index (χ1) is 18.9. The Morgan fingerprint density at radius 1 is 1.25 bits per heavy atom. The number of nitrogens with one attached hydrogen (secondary N) is 2. The van der Waals surface area contributed by atoms with Gasteiger partial charge in [-0.3, -0.25) is 9.59 Å². The number of alkyl halides is 5. The molecule has 3 atom stereocenters. The number of carbonyl (C=O) groups is 2. The minimum Gasteiger partial charge on any atom is -0.355 e. The molecule has 5 rings (SSSR count). The number of nitrogens with zero attached hydrogens (tertiary/aromatic N) is 6. The van der Waals surface area contributed by atoms with Crippen molar-refractivity contribution in [2.24, 2.45) is 17.8 Å². The second-order valence-corrected chi connectivity index (χ2v) is 10.5. The second kappa shape index (κ2) is 10.7.